The maximum absolute atomic E-state index is 12.6. The molecule has 0 heterocycles. The summed E-state index contributed by atoms with van der Waals surface area (Å²) >= 11 is 0. The van der Waals surface area contributed by atoms with Crippen LogP contribution in [0, 0.1) is 0 Å². The van der Waals surface area contributed by atoms with E-state index in [1.165, 1.54) is 10.5 Å². The fourth-order valence-electron chi connectivity index (χ4n) is 2.91. The van der Waals surface area contributed by atoms with Crippen molar-refractivity contribution >= 4 is 15.9 Å². The van der Waals surface area contributed by atoms with Crippen LogP contribution in [0.2, 0.25) is 0 Å². The van der Waals surface area contributed by atoms with Crippen molar-refractivity contribution in [3.8, 4) is 0 Å². The first-order chi connectivity index (χ1) is 11.4. The van der Waals surface area contributed by atoms with E-state index in [4.69, 9.17) is 0 Å². The number of nitrogens with one attached hydrogen (secondary N) is 1. The van der Waals surface area contributed by atoms with Crippen LogP contribution in [-0.4, -0.2) is 38.4 Å². The van der Waals surface area contributed by atoms with Crippen LogP contribution in [-0.2, 0) is 27.7 Å². The number of sulfonamides is 1. The van der Waals surface area contributed by atoms with Crippen molar-refractivity contribution < 1.29 is 13.2 Å². The number of nitrogens with zero attached hydrogens (tertiary/aromatic N) is 1. The van der Waals surface area contributed by atoms with E-state index in [0.717, 1.165) is 24.8 Å². The Kier molecular flexibility index (Phi) is 5.96. The molecule has 2 rings (SSSR count). The first-order valence-corrected chi connectivity index (χ1v) is 9.52. The van der Waals surface area contributed by atoms with Crippen LogP contribution in [0.15, 0.2) is 48.4 Å². The summed E-state index contributed by atoms with van der Waals surface area (Å²) in [6.45, 7) is 9.46. The molecular formula is C18H24N2O3S. The van der Waals surface area contributed by atoms with Crippen molar-refractivity contribution in [2.75, 3.05) is 13.1 Å². The first-order valence-electron chi connectivity index (χ1n) is 8.03. The second-order valence-electron chi connectivity index (χ2n) is 5.95. The summed E-state index contributed by atoms with van der Waals surface area (Å²) in [6, 6.07) is 4.33. The van der Waals surface area contributed by atoms with Gasteiger partial charge in [0.05, 0.1) is 10.9 Å². The van der Waals surface area contributed by atoms with Gasteiger partial charge in [-0.05, 0) is 49.4 Å². The van der Waals surface area contributed by atoms with E-state index in [1.807, 2.05) is 6.07 Å². The van der Waals surface area contributed by atoms with Crippen molar-refractivity contribution in [1.82, 2.24) is 9.62 Å². The maximum Gasteiger partial charge on any atom is 0.241 e. The molecule has 0 bridgehead atoms. The standard InChI is InChI=1S/C18H24N2O3S/c1-4-11-20(12-5-2)18(21)14(3)19-24(22,23)17-10-9-15-7-6-8-16(15)13-17/h4-5,9-10,13-14,19H,1-2,6-8,11-12H2,3H3. The normalized spacial score (nSPS) is 14.7. The number of rotatable bonds is 8. The van der Waals surface area contributed by atoms with Crippen molar-refractivity contribution in [1.29, 1.82) is 0 Å². The van der Waals surface area contributed by atoms with Crippen molar-refractivity contribution in [2.24, 2.45) is 0 Å². The zero-order valence-electron chi connectivity index (χ0n) is 14.0. The van der Waals surface area contributed by atoms with E-state index in [0.29, 0.717) is 13.1 Å². The summed E-state index contributed by atoms with van der Waals surface area (Å²) in [5.41, 5.74) is 2.29. The van der Waals surface area contributed by atoms with Gasteiger partial charge in [0.2, 0.25) is 15.9 Å². The molecule has 1 aliphatic carbocycles. The molecular weight excluding hydrogens is 324 g/mol. The van der Waals surface area contributed by atoms with Gasteiger partial charge in [0, 0.05) is 13.1 Å². The topological polar surface area (TPSA) is 66.5 Å². The summed E-state index contributed by atoms with van der Waals surface area (Å²) in [5, 5.41) is 0. The number of aryl methyl sites for hydroxylation is 2. The molecule has 0 aliphatic heterocycles. The van der Waals surface area contributed by atoms with E-state index in [2.05, 4.69) is 17.9 Å². The largest absolute Gasteiger partial charge is 0.334 e. The molecule has 0 saturated carbocycles. The minimum Gasteiger partial charge on any atom is -0.334 e. The number of benzene rings is 1. The highest BCUT2D eigenvalue weighted by Gasteiger charge is 2.26. The first kappa shape index (κ1) is 18.4. The highest BCUT2D eigenvalue weighted by Crippen LogP contribution is 2.24. The highest BCUT2D eigenvalue weighted by molar-refractivity contribution is 7.89. The molecule has 0 saturated heterocycles. The van der Waals surface area contributed by atoms with Gasteiger partial charge in [-0.25, -0.2) is 8.42 Å². The van der Waals surface area contributed by atoms with Crippen LogP contribution < -0.4 is 4.72 Å². The molecule has 1 aromatic rings. The van der Waals surface area contributed by atoms with E-state index in [9.17, 15) is 13.2 Å². The molecule has 5 nitrogen and oxygen atoms in total. The smallest absolute Gasteiger partial charge is 0.241 e. The second-order valence-corrected chi connectivity index (χ2v) is 7.66. The quantitative estimate of drug-likeness (QED) is 0.731. The van der Waals surface area contributed by atoms with Gasteiger partial charge < -0.3 is 4.90 Å². The summed E-state index contributed by atoms with van der Waals surface area (Å²) in [7, 11) is -3.74. The highest BCUT2D eigenvalue weighted by atomic mass is 32.2. The van der Waals surface area contributed by atoms with Crippen molar-refractivity contribution in [2.45, 2.75) is 37.1 Å². The number of amides is 1. The van der Waals surface area contributed by atoms with Gasteiger partial charge >= 0.3 is 0 Å². The lowest BCUT2D eigenvalue weighted by atomic mass is 10.1. The average molecular weight is 348 g/mol. The van der Waals surface area contributed by atoms with Crippen LogP contribution in [0.1, 0.15) is 24.5 Å². The van der Waals surface area contributed by atoms with E-state index >= 15 is 0 Å². The molecule has 1 unspecified atom stereocenters. The molecule has 0 aromatic heterocycles. The maximum atomic E-state index is 12.6. The third-order valence-corrected chi connectivity index (χ3v) is 5.63. The molecule has 1 aromatic carbocycles. The molecule has 0 fully saturated rings. The lowest BCUT2D eigenvalue weighted by Crippen LogP contribution is -2.47. The van der Waals surface area contributed by atoms with Crippen LogP contribution >= 0.6 is 0 Å². The van der Waals surface area contributed by atoms with E-state index < -0.39 is 16.1 Å². The lowest BCUT2D eigenvalue weighted by molar-refractivity contribution is -0.131. The molecule has 1 aliphatic rings. The van der Waals surface area contributed by atoms with Crippen LogP contribution in [0.3, 0.4) is 0 Å². The predicted molar refractivity (Wildman–Crippen MR) is 95.2 cm³/mol. The predicted octanol–water partition coefficient (Wildman–Crippen LogP) is 2.04. The second kappa shape index (κ2) is 7.77. The van der Waals surface area contributed by atoms with Gasteiger partial charge in [0.25, 0.3) is 0 Å². The lowest BCUT2D eigenvalue weighted by Gasteiger charge is -2.23. The Morgan fingerprint density at radius 3 is 2.50 bits per heavy atom. The van der Waals surface area contributed by atoms with Crippen molar-refractivity contribution in [3.63, 3.8) is 0 Å². The Morgan fingerprint density at radius 1 is 1.25 bits per heavy atom. The van der Waals surface area contributed by atoms with Crippen LogP contribution in [0.25, 0.3) is 0 Å². The monoisotopic (exact) mass is 348 g/mol. The van der Waals surface area contributed by atoms with Gasteiger partial charge in [0.15, 0.2) is 0 Å². The SMILES string of the molecule is C=CCN(CC=C)C(=O)C(C)NS(=O)(=O)c1ccc2c(c1)CCC2. The molecule has 1 atom stereocenters. The Hall–Kier alpha value is -1.92. The third kappa shape index (κ3) is 4.13. The van der Waals surface area contributed by atoms with Crippen LogP contribution in [0.5, 0.6) is 0 Å². The number of hydrogen-bond acceptors (Lipinski definition) is 3. The number of carbonyl (C=O) groups is 1. The Morgan fingerprint density at radius 2 is 1.88 bits per heavy atom. The van der Waals surface area contributed by atoms with E-state index in [-0.39, 0.29) is 10.8 Å². The number of hydrogen-bond donors (Lipinski definition) is 1. The molecule has 24 heavy (non-hydrogen) atoms. The Bertz CT molecular complexity index is 731. The van der Waals surface area contributed by atoms with Gasteiger partial charge in [0.1, 0.15) is 0 Å². The summed E-state index contributed by atoms with van der Waals surface area (Å²) in [4.78, 5) is 14.1. The number of carbonyl (C=O) groups excluding carboxylic acids is 1. The third-order valence-electron chi connectivity index (χ3n) is 4.09. The minimum atomic E-state index is -3.74. The molecule has 1 N–H and O–H groups in total. The minimum absolute atomic E-state index is 0.210. The number of fused-ring (bicyclic) bond motifs is 1. The molecule has 6 heteroatoms. The average Bonchev–Trinajstić information content (AvgIpc) is 3.01. The molecule has 0 spiro atoms. The zero-order valence-corrected chi connectivity index (χ0v) is 14.8. The molecule has 1 amide bonds. The fourth-order valence-corrected chi connectivity index (χ4v) is 4.15. The molecule has 0 radical (unpaired) electrons. The summed E-state index contributed by atoms with van der Waals surface area (Å²) < 4.78 is 27.6. The van der Waals surface area contributed by atoms with Crippen LogP contribution in [0.4, 0.5) is 0 Å². The molecule has 130 valence electrons. The summed E-state index contributed by atoms with van der Waals surface area (Å²) in [5.74, 6) is -0.306. The summed E-state index contributed by atoms with van der Waals surface area (Å²) in [6.07, 6.45) is 6.15. The fraction of sp³-hybridized carbons (Fsp3) is 0.389. The zero-order chi connectivity index (χ0) is 17.7. The van der Waals surface area contributed by atoms with Gasteiger partial charge in [-0.15, -0.1) is 13.2 Å². The van der Waals surface area contributed by atoms with E-state index in [1.54, 1.807) is 31.2 Å². The van der Waals surface area contributed by atoms with Gasteiger partial charge in [-0.3, -0.25) is 4.79 Å². The Balaban J connectivity index is 2.14. The van der Waals surface area contributed by atoms with Gasteiger partial charge in [-0.1, -0.05) is 18.2 Å². The Labute approximate surface area is 144 Å². The van der Waals surface area contributed by atoms with Crippen molar-refractivity contribution in [3.05, 3.63) is 54.6 Å². The van der Waals surface area contributed by atoms with Gasteiger partial charge in [-0.2, -0.15) is 4.72 Å².